The Labute approximate surface area is 114 Å². The molecule has 0 bridgehead atoms. The summed E-state index contributed by atoms with van der Waals surface area (Å²) in [6.45, 7) is 2.92. The SMILES string of the molecule is CC1c2ccsc2CCN1c1nccc(C(=O)O)n1. The number of nitrogens with zero attached hydrogens (tertiary/aromatic N) is 3. The van der Waals surface area contributed by atoms with Crippen molar-refractivity contribution in [1.29, 1.82) is 0 Å². The van der Waals surface area contributed by atoms with Crippen LogP contribution >= 0.6 is 11.3 Å². The maximum Gasteiger partial charge on any atom is 0.354 e. The van der Waals surface area contributed by atoms with Crippen LogP contribution in [0.5, 0.6) is 0 Å². The van der Waals surface area contributed by atoms with E-state index in [1.807, 2.05) is 0 Å². The van der Waals surface area contributed by atoms with Crippen molar-refractivity contribution >= 4 is 23.3 Å². The maximum atomic E-state index is 11.0. The summed E-state index contributed by atoms with van der Waals surface area (Å²) in [6.07, 6.45) is 2.46. The van der Waals surface area contributed by atoms with Gasteiger partial charge in [0.15, 0.2) is 5.69 Å². The highest BCUT2D eigenvalue weighted by Gasteiger charge is 2.26. The van der Waals surface area contributed by atoms with E-state index in [9.17, 15) is 4.79 Å². The summed E-state index contributed by atoms with van der Waals surface area (Å²) in [5.41, 5.74) is 1.33. The molecule has 0 saturated carbocycles. The van der Waals surface area contributed by atoms with Crippen LogP contribution in [0.15, 0.2) is 23.7 Å². The van der Waals surface area contributed by atoms with E-state index in [2.05, 4.69) is 33.2 Å². The fourth-order valence-corrected chi connectivity index (χ4v) is 3.35. The van der Waals surface area contributed by atoms with Gasteiger partial charge in [0.1, 0.15) is 0 Å². The van der Waals surface area contributed by atoms with Gasteiger partial charge in [-0.3, -0.25) is 0 Å². The number of fused-ring (bicyclic) bond motifs is 1. The van der Waals surface area contributed by atoms with Crippen molar-refractivity contribution < 1.29 is 9.90 Å². The second-order valence-corrected chi connectivity index (χ2v) is 5.47. The van der Waals surface area contributed by atoms with Crippen LogP contribution in [-0.4, -0.2) is 27.6 Å². The van der Waals surface area contributed by atoms with E-state index in [1.165, 1.54) is 22.7 Å². The van der Waals surface area contributed by atoms with E-state index in [0.29, 0.717) is 5.95 Å². The highest BCUT2D eigenvalue weighted by molar-refractivity contribution is 7.10. The lowest BCUT2D eigenvalue weighted by Crippen LogP contribution is -2.34. The molecule has 5 nitrogen and oxygen atoms in total. The summed E-state index contributed by atoms with van der Waals surface area (Å²) in [5.74, 6) is -0.534. The zero-order chi connectivity index (χ0) is 13.4. The molecule has 0 spiro atoms. The number of hydrogen-bond donors (Lipinski definition) is 1. The summed E-state index contributed by atoms with van der Waals surface area (Å²) in [6, 6.07) is 3.72. The van der Waals surface area contributed by atoms with Crippen LogP contribution in [-0.2, 0) is 6.42 Å². The van der Waals surface area contributed by atoms with Gasteiger partial charge in [-0.2, -0.15) is 0 Å². The molecule has 3 heterocycles. The Morgan fingerprint density at radius 3 is 3.16 bits per heavy atom. The van der Waals surface area contributed by atoms with Gasteiger partial charge in [0.2, 0.25) is 5.95 Å². The third kappa shape index (κ3) is 2.08. The molecule has 0 radical (unpaired) electrons. The second-order valence-electron chi connectivity index (χ2n) is 4.47. The minimum absolute atomic E-state index is 0.0355. The van der Waals surface area contributed by atoms with Crippen LogP contribution in [0.2, 0.25) is 0 Å². The van der Waals surface area contributed by atoms with Crippen molar-refractivity contribution in [2.75, 3.05) is 11.4 Å². The number of carbonyl (C=O) groups is 1. The normalized spacial score (nSPS) is 18.2. The predicted octanol–water partition coefficient (Wildman–Crippen LogP) is 2.36. The van der Waals surface area contributed by atoms with Crippen LogP contribution in [0.3, 0.4) is 0 Å². The lowest BCUT2D eigenvalue weighted by atomic mass is 10.0. The molecular weight excluding hydrogens is 262 g/mol. The quantitative estimate of drug-likeness (QED) is 0.911. The molecule has 98 valence electrons. The topological polar surface area (TPSA) is 66.3 Å². The molecule has 1 aliphatic heterocycles. The van der Waals surface area contributed by atoms with Gasteiger partial charge >= 0.3 is 5.97 Å². The molecule has 19 heavy (non-hydrogen) atoms. The summed E-state index contributed by atoms with van der Waals surface area (Å²) in [4.78, 5) is 22.8. The first-order valence-corrected chi connectivity index (χ1v) is 6.94. The Bertz CT molecular complexity index is 626. The summed E-state index contributed by atoms with van der Waals surface area (Å²) in [7, 11) is 0. The summed E-state index contributed by atoms with van der Waals surface area (Å²) in [5, 5.41) is 11.1. The van der Waals surface area contributed by atoms with Crippen molar-refractivity contribution in [3.05, 3.63) is 39.8 Å². The van der Waals surface area contributed by atoms with Crippen molar-refractivity contribution in [2.24, 2.45) is 0 Å². The molecule has 0 aromatic carbocycles. The second kappa shape index (κ2) is 4.62. The minimum atomic E-state index is -1.02. The number of aromatic carboxylic acids is 1. The first-order chi connectivity index (χ1) is 9.16. The molecule has 0 fully saturated rings. The number of anilines is 1. The number of carboxylic acid groups (broad SMARTS) is 1. The van der Waals surface area contributed by atoms with Crippen molar-refractivity contribution in [1.82, 2.24) is 9.97 Å². The van der Waals surface area contributed by atoms with E-state index in [4.69, 9.17) is 5.11 Å². The molecule has 1 N–H and O–H groups in total. The number of hydrogen-bond acceptors (Lipinski definition) is 5. The number of aromatic nitrogens is 2. The van der Waals surface area contributed by atoms with E-state index in [-0.39, 0.29) is 11.7 Å². The van der Waals surface area contributed by atoms with Gasteiger partial charge in [0, 0.05) is 17.6 Å². The van der Waals surface area contributed by atoms with E-state index in [1.54, 1.807) is 11.3 Å². The zero-order valence-electron chi connectivity index (χ0n) is 10.4. The lowest BCUT2D eigenvalue weighted by Gasteiger charge is -2.33. The van der Waals surface area contributed by atoms with Crippen LogP contribution in [0.25, 0.3) is 0 Å². The Hall–Kier alpha value is -1.95. The number of rotatable bonds is 2. The summed E-state index contributed by atoms with van der Waals surface area (Å²) < 4.78 is 0. The molecule has 1 unspecified atom stereocenters. The fourth-order valence-electron chi connectivity index (χ4n) is 2.39. The Morgan fingerprint density at radius 1 is 1.53 bits per heavy atom. The highest BCUT2D eigenvalue weighted by atomic mass is 32.1. The van der Waals surface area contributed by atoms with Crippen LogP contribution in [0, 0.1) is 0 Å². The first kappa shape index (κ1) is 12.1. The number of thiophene rings is 1. The fraction of sp³-hybridized carbons (Fsp3) is 0.308. The van der Waals surface area contributed by atoms with Gasteiger partial charge in [0.05, 0.1) is 6.04 Å². The summed E-state index contributed by atoms with van der Waals surface area (Å²) >= 11 is 1.77. The largest absolute Gasteiger partial charge is 0.477 e. The lowest BCUT2D eigenvalue weighted by molar-refractivity contribution is 0.0690. The van der Waals surface area contributed by atoms with Gasteiger partial charge in [-0.05, 0) is 36.4 Å². The van der Waals surface area contributed by atoms with Gasteiger partial charge in [0.25, 0.3) is 0 Å². The molecule has 1 atom stereocenters. The smallest absolute Gasteiger partial charge is 0.354 e. The molecule has 0 saturated heterocycles. The van der Waals surface area contributed by atoms with Gasteiger partial charge in [-0.15, -0.1) is 11.3 Å². The van der Waals surface area contributed by atoms with E-state index in [0.717, 1.165) is 13.0 Å². The van der Waals surface area contributed by atoms with Gasteiger partial charge < -0.3 is 10.0 Å². The average molecular weight is 275 g/mol. The molecule has 3 rings (SSSR count). The van der Waals surface area contributed by atoms with Gasteiger partial charge in [-0.1, -0.05) is 0 Å². The minimum Gasteiger partial charge on any atom is -0.477 e. The first-order valence-electron chi connectivity index (χ1n) is 6.06. The van der Waals surface area contributed by atoms with Crippen LogP contribution < -0.4 is 4.90 Å². The van der Waals surface area contributed by atoms with E-state index < -0.39 is 5.97 Å². The van der Waals surface area contributed by atoms with Gasteiger partial charge in [-0.25, -0.2) is 14.8 Å². The Morgan fingerprint density at radius 2 is 2.37 bits per heavy atom. The molecule has 2 aromatic rings. The van der Waals surface area contributed by atoms with Crippen molar-refractivity contribution in [2.45, 2.75) is 19.4 Å². The Kier molecular flexibility index (Phi) is 2.94. The molecule has 6 heteroatoms. The molecular formula is C13H13N3O2S. The van der Waals surface area contributed by atoms with Crippen LogP contribution in [0.1, 0.15) is 33.9 Å². The molecule has 2 aromatic heterocycles. The molecule has 0 aliphatic carbocycles. The van der Waals surface area contributed by atoms with Crippen LogP contribution in [0.4, 0.5) is 5.95 Å². The monoisotopic (exact) mass is 275 g/mol. The maximum absolute atomic E-state index is 11.0. The third-order valence-corrected chi connectivity index (χ3v) is 4.39. The van der Waals surface area contributed by atoms with Crippen molar-refractivity contribution in [3.63, 3.8) is 0 Å². The Balaban J connectivity index is 1.95. The highest BCUT2D eigenvalue weighted by Crippen LogP contribution is 2.34. The van der Waals surface area contributed by atoms with Crippen molar-refractivity contribution in [3.8, 4) is 0 Å². The zero-order valence-corrected chi connectivity index (χ0v) is 11.2. The standard InChI is InChI=1S/C13H13N3O2S/c1-8-9-4-7-19-11(9)3-6-16(8)13-14-5-2-10(15-13)12(17)18/h2,4-5,7-8H,3,6H2,1H3,(H,17,18). The van der Waals surface area contributed by atoms with E-state index >= 15 is 0 Å². The average Bonchev–Trinajstić information content (AvgIpc) is 2.88. The third-order valence-electron chi connectivity index (χ3n) is 3.40. The number of carboxylic acids is 1. The molecule has 0 amide bonds. The molecule has 1 aliphatic rings. The predicted molar refractivity (Wildman–Crippen MR) is 72.8 cm³/mol.